The van der Waals surface area contributed by atoms with Crippen molar-refractivity contribution in [3.63, 3.8) is 0 Å². The maximum absolute atomic E-state index is 13.9. The molecule has 4 heterocycles. The van der Waals surface area contributed by atoms with Gasteiger partial charge >= 0.3 is 6.18 Å². The maximum Gasteiger partial charge on any atom is 0.413 e. The number of aryl methyl sites for hydroxylation is 1. The second kappa shape index (κ2) is 8.06. The van der Waals surface area contributed by atoms with Crippen LogP contribution in [0.1, 0.15) is 57.5 Å². The van der Waals surface area contributed by atoms with Gasteiger partial charge in [-0.15, -0.1) is 0 Å². The van der Waals surface area contributed by atoms with Crippen molar-refractivity contribution in [2.45, 2.75) is 58.7 Å². The van der Waals surface area contributed by atoms with Gasteiger partial charge < -0.3 is 19.5 Å². The van der Waals surface area contributed by atoms with Gasteiger partial charge in [0.15, 0.2) is 0 Å². The summed E-state index contributed by atoms with van der Waals surface area (Å²) in [6.45, 7) is 7.17. The SMILES string of the molecule is COC1=C(N2C=C(C)NC2)CC(C)C(c2cn3c(n2)[C@H](C2(C)CC=CC=C2C(F)(F)F)CC3)=N1. The molecule has 6 nitrogen and oxygen atoms in total. The van der Waals surface area contributed by atoms with Gasteiger partial charge in [0, 0.05) is 53.9 Å². The Kier molecular flexibility index (Phi) is 5.41. The molecule has 0 radical (unpaired) electrons. The largest absolute Gasteiger partial charge is 0.480 e. The van der Waals surface area contributed by atoms with E-state index >= 15 is 0 Å². The molecule has 0 saturated carbocycles. The van der Waals surface area contributed by atoms with Crippen LogP contribution in [0.5, 0.6) is 0 Å². The minimum atomic E-state index is -4.36. The summed E-state index contributed by atoms with van der Waals surface area (Å²) >= 11 is 0. The molecule has 4 aliphatic rings. The van der Waals surface area contributed by atoms with Gasteiger partial charge in [-0.2, -0.15) is 13.2 Å². The zero-order valence-electron chi connectivity index (χ0n) is 19.9. The number of nitrogens with one attached hydrogen (secondary N) is 1. The van der Waals surface area contributed by atoms with Crippen LogP contribution in [0, 0.1) is 11.3 Å². The molecule has 2 unspecified atom stereocenters. The summed E-state index contributed by atoms with van der Waals surface area (Å²) in [4.78, 5) is 11.8. The first kappa shape index (κ1) is 22.8. The number of aliphatic imine (C=N–C) groups is 1. The minimum absolute atomic E-state index is 0.0936. The van der Waals surface area contributed by atoms with Gasteiger partial charge in [-0.3, -0.25) is 0 Å². The van der Waals surface area contributed by atoms with E-state index in [-0.39, 0.29) is 11.8 Å². The number of hydrogen-bond donors (Lipinski definition) is 1. The Morgan fingerprint density at radius 3 is 2.76 bits per heavy atom. The van der Waals surface area contributed by atoms with E-state index in [1.807, 2.05) is 30.0 Å². The predicted molar refractivity (Wildman–Crippen MR) is 124 cm³/mol. The van der Waals surface area contributed by atoms with Crippen LogP contribution in [0.25, 0.3) is 0 Å². The lowest BCUT2D eigenvalue weighted by atomic mass is 9.66. The van der Waals surface area contributed by atoms with Crippen LogP contribution in [-0.2, 0) is 11.3 Å². The van der Waals surface area contributed by atoms with E-state index in [2.05, 4.69) is 17.1 Å². The Labute approximate surface area is 197 Å². The number of aromatic nitrogens is 2. The minimum Gasteiger partial charge on any atom is -0.480 e. The third-order valence-corrected chi connectivity index (χ3v) is 7.52. The normalized spacial score (nSPS) is 29.0. The molecule has 1 aromatic rings. The smallest absolute Gasteiger partial charge is 0.413 e. The third-order valence-electron chi connectivity index (χ3n) is 7.52. The van der Waals surface area contributed by atoms with Crippen molar-refractivity contribution < 1.29 is 17.9 Å². The number of nitrogens with zero attached hydrogens (tertiary/aromatic N) is 4. The van der Waals surface area contributed by atoms with E-state index in [1.54, 1.807) is 14.0 Å². The summed E-state index contributed by atoms with van der Waals surface area (Å²) in [6, 6.07) is 0. The number of ether oxygens (including phenoxy) is 1. The first-order chi connectivity index (χ1) is 16.1. The summed E-state index contributed by atoms with van der Waals surface area (Å²) in [5.41, 5.74) is 2.12. The number of rotatable bonds is 4. The molecule has 182 valence electrons. The van der Waals surface area contributed by atoms with Crippen molar-refractivity contribution in [1.29, 1.82) is 0 Å². The number of fused-ring (bicyclic) bond motifs is 1. The van der Waals surface area contributed by atoms with Gasteiger partial charge in [-0.05, 0) is 19.8 Å². The average Bonchev–Trinajstić information content (AvgIpc) is 3.48. The lowest BCUT2D eigenvalue weighted by molar-refractivity contribution is -0.108. The van der Waals surface area contributed by atoms with Crippen LogP contribution in [0.15, 0.2) is 58.5 Å². The van der Waals surface area contributed by atoms with Crippen LogP contribution in [0.4, 0.5) is 13.2 Å². The molecule has 0 aromatic carbocycles. The molecule has 34 heavy (non-hydrogen) atoms. The third kappa shape index (κ3) is 3.65. The molecule has 1 aromatic heterocycles. The lowest BCUT2D eigenvalue weighted by Crippen LogP contribution is -2.35. The van der Waals surface area contributed by atoms with Gasteiger partial charge in [-0.1, -0.05) is 32.1 Å². The van der Waals surface area contributed by atoms with Crippen molar-refractivity contribution in [3.8, 4) is 0 Å². The number of imidazole rings is 1. The highest BCUT2D eigenvalue weighted by Crippen LogP contribution is 2.55. The van der Waals surface area contributed by atoms with Crippen molar-refractivity contribution in [1.82, 2.24) is 19.8 Å². The Morgan fingerprint density at radius 2 is 2.09 bits per heavy atom. The summed E-state index contributed by atoms with van der Waals surface area (Å²) < 4.78 is 49.4. The number of alkyl halides is 3. The summed E-state index contributed by atoms with van der Waals surface area (Å²) in [5, 5.41) is 3.29. The first-order valence-electron chi connectivity index (χ1n) is 11.7. The van der Waals surface area contributed by atoms with Crippen molar-refractivity contribution >= 4 is 5.71 Å². The molecule has 3 atom stereocenters. The van der Waals surface area contributed by atoms with Crippen molar-refractivity contribution in [2.75, 3.05) is 13.8 Å². The fraction of sp³-hybridized carbons (Fsp3) is 0.520. The van der Waals surface area contributed by atoms with E-state index in [9.17, 15) is 13.2 Å². The molecular formula is C25H30F3N5O. The van der Waals surface area contributed by atoms with Gasteiger partial charge in [0.2, 0.25) is 5.88 Å². The highest BCUT2D eigenvalue weighted by molar-refractivity contribution is 6.01. The Balaban J connectivity index is 1.49. The molecule has 0 saturated heterocycles. The fourth-order valence-electron chi connectivity index (χ4n) is 5.72. The molecule has 1 aliphatic carbocycles. The average molecular weight is 474 g/mol. The molecular weight excluding hydrogens is 443 g/mol. The van der Waals surface area contributed by atoms with Crippen LogP contribution in [0.2, 0.25) is 0 Å². The maximum atomic E-state index is 13.9. The van der Waals surface area contributed by atoms with E-state index in [1.165, 1.54) is 12.2 Å². The molecule has 0 amide bonds. The monoisotopic (exact) mass is 473 g/mol. The fourth-order valence-corrected chi connectivity index (χ4v) is 5.72. The van der Waals surface area contributed by atoms with E-state index < -0.39 is 17.2 Å². The number of hydrogen-bond acceptors (Lipinski definition) is 5. The molecule has 5 rings (SSSR count). The standard InChI is InChI=1S/C25H30F3N5O/c1-15-11-19(33-12-16(2)29-14-33)23(34-4)31-21(15)18-13-32-10-8-17(22(32)30-18)24(3)9-6-5-7-20(24)25(26,27)28/h5-7,12-13,15,17,29H,8-11,14H2,1-4H3/t15?,17-,24?/m1/s1. The van der Waals surface area contributed by atoms with E-state index in [0.29, 0.717) is 37.8 Å². The zero-order valence-corrected chi connectivity index (χ0v) is 19.9. The topological polar surface area (TPSA) is 54.7 Å². The Morgan fingerprint density at radius 1 is 1.29 bits per heavy atom. The number of methoxy groups -OCH3 is 1. The van der Waals surface area contributed by atoms with E-state index in [0.717, 1.165) is 29.2 Å². The van der Waals surface area contributed by atoms with Crippen molar-refractivity contribution in [2.24, 2.45) is 16.3 Å². The van der Waals surface area contributed by atoms with Gasteiger partial charge in [-0.25, -0.2) is 9.98 Å². The molecule has 1 N–H and O–H groups in total. The summed E-state index contributed by atoms with van der Waals surface area (Å²) in [6.07, 6.45) is 5.92. The summed E-state index contributed by atoms with van der Waals surface area (Å²) in [7, 11) is 1.61. The quantitative estimate of drug-likeness (QED) is 0.654. The Bertz CT molecular complexity index is 1160. The molecule has 0 spiro atoms. The second-order valence-electron chi connectivity index (χ2n) is 9.82. The first-order valence-corrected chi connectivity index (χ1v) is 11.7. The lowest BCUT2D eigenvalue weighted by Gasteiger charge is -2.39. The molecule has 3 aliphatic heterocycles. The number of allylic oxidation sites excluding steroid dienone is 6. The van der Waals surface area contributed by atoms with Gasteiger partial charge in [0.25, 0.3) is 0 Å². The number of halogens is 3. The summed E-state index contributed by atoms with van der Waals surface area (Å²) in [5.74, 6) is 1.05. The van der Waals surface area contributed by atoms with Crippen LogP contribution >= 0.6 is 0 Å². The van der Waals surface area contributed by atoms with E-state index in [4.69, 9.17) is 14.7 Å². The highest BCUT2D eigenvalue weighted by atomic mass is 19.4. The molecule has 9 heteroatoms. The predicted octanol–water partition coefficient (Wildman–Crippen LogP) is 5.19. The van der Waals surface area contributed by atoms with Crippen molar-refractivity contribution in [3.05, 3.63) is 65.0 Å². The zero-order chi connectivity index (χ0) is 24.3. The Hall–Kier alpha value is -2.97. The second-order valence-corrected chi connectivity index (χ2v) is 9.82. The van der Waals surface area contributed by atoms with Gasteiger partial charge in [0.05, 0.1) is 25.2 Å². The molecule has 0 bridgehead atoms. The van der Waals surface area contributed by atoms with Crippen LogP contribution in [-0.4, -0.2) is 40.1 Å². The van der Waals surface area contributed by atoms with Crippen LogP contribution < -0.4 is 5.32 Å². The molecule has 0 fully saturated rings. The highest BCUT2D eigenvalue weighted by Gasteiger charge is 2.52. The van der Waals surface area contributed by atoms with Crippen LogP contribution in [0.3, 0.4) is 0 Å². The van der Waals surface area contributed by atoms with Gasteiger partial charge in [0.1, 0.15) is 11.5 Å².